The van der Waals surface area contributed by atoms with Crippen molar-refractivity contribution in [2.24, 2.45) is 5.41 Å². The van der Waals surface area contributed by atoms with E-state index < -0.39 is 5.41 Å². The van der Waals surface area contributed by atoms with Gasteiger partial charge in [-0.25, -0.2) is 0 Å². The fourth-order valence-corrected chi connectivity index (χ4v) is 3.17. The fraction of sp³-hybridized carbons (Fsp3) is 0.600. The summed E-state index contributed by atoms with van der Waals surface area (Å²) in [6.07, 6.45) is 5.82. The lowest BCUT2D eigenvalue weighted by Gasteiger charge is -2.28. The van der Waals surface area contributed by atoms with Gasteiger partial charge in [0.15, 0.2) is 0 Å². The molecule has 1 aliphatic rings. The second-order valence-corrected chi connectivity index (χ2v) is 7.24. The molecule has 0 aliphatic carbocycles. The molecule has 23 heavy (non-hydrogen) atoms. The normalized spacial score (nSPS) is 18.2. The van der Waals surface area contributed by atoms with E-state index in [-0.39, 0.29) is 17.7 Å². The number of ketones is 1. The van der Waals surface area contributed by atoms with Crippen LogP contribution in [0.3, 0.4) is 0 Å². The summed E-state index contributed by atoms with van der Waals surface area (Å²) in [4.78, 5) is 26.8. The Balaban J connectivity index is 1.90. The van der Waals surface area contributed by atoms with E-state index in [4.69, 9.17) is 0 Å². The van der Waals surface area contributed by atoms with Gasteiger partial charge < -0.3 is 4.90 Å². The van der Waals surface area contributed by atoms with Crippen LogP contribution in [0.5, 0.6) is 0 Å². The first kappa shape index (κ1) is 17.7. The Bertz CT molecular complexity index is 536. The first-order valence-corrected chi connectivity index (χ1v) is 8.85. The maximum atomic E-state index is 12.6. The van der Waals surface area contributed by atoms with Gasteiger partial charge in [0, 0.05) is 18.0 Å². The third-order valence-electron chi connectivity index (χ3n) is 5.18. The molecule has 0 saturated carbocycles. The highest BCUT2D eigenvalue weighted by Gasteiger charge is 2.38. The van der Waals surface area contributed by atoms with Crippen LogP contribution in [-0.4, -0.2) is 29.2 Å². The van der Waals surface area contributed by atoms with Gasteiger partial charge >= 0.3 is 0 Å². The summed E-state index contributed by atoms with van der Waals surface area (Å²) in [7, 11) is 0. The van der Waals surface area contributed by atoms with Crippen LogP contribution >= 0.6 is 0 Å². The third kappa shape index (κ3) is 4.43. The van der Waals surface area contributed by atoms with Crippen LogP contribution in [0.25, 0.3) is 0 Å². The molecule has 1 saturated heterocycles. The predicted octanol–water partition coefficient (Wildman–Crippen LogP) is 4.01. The van der Waals surface area contributed by atoms with E-state index in [0.29, 0.717) is 6.42 Å². The quantitative estimate of drug-likeness (QED) is 0.713. The van der Waals surface area contributed by atoms with Crippen molar-refractivity contribution >= 4 is 11.7 Å². The van der Waals surface area contributed by atoms with Gasteiger partial charge in [-0.3, -0.25) is 9.59 Å². The Morgan fingerprint density at radius 2 is 1.91 bits per heavy atom. The van der Waals surface area contributed by atoms with Crippen LogP contribution in [0.2, 0.25) is 0 Å². The molecule has 126 valence electrons. The van der Waals surface area contributed by atoms with Crippen LogP contribution in [0.1, 0.15) is 58.4 Å². The Kier molecular flexibility index (Phi) is 5.97. The number of amides is 1. The molecular weight excluding hydrogens is 286 g/mol. The summed E-state index contributed by atoms with van der Waals surface area (Å²) in [5.74, 6) is -0.492. The van der Waals surface area contributed by atoms with Crippen molar-refractivity contribution in [3.63, 3.8) is 0 Å². The molecule has 0 bridgehead atoms. The van der Waals surface area contributed by atoms with E-state index in [1.54, 1.807) is 0 Å². The van der Waals surface area contributed by atoms with Gasteiger partial charge in [-0.2, -0.15) is 0 Å². The maximum absolute atomic E-state index is 12.6. The van der Waals surface area contributed by atoms with Gasteiger partial charge in [0.25, 0.3) is 5.91 Å². The van der Waals surface area contributed by atoms with Gasteiger partial charge in [-0.05, 0) is 44.1 Å². The minimum absolute atomic E-state index is 0.227. The SMILES string of the molecule is CCC(C)(C)C(=O)C(=O)N1CCCC1CCCc1ccccc1. The Hall–Kier alpha value is -1.64. The van der Waals surface area contributed by atoms with Gasteiger partial charge in [0.1, 0.15) is 0 Å². The summed E-state index contributed by atoms with van der Waals surface area (Å²) in [6, 6.07) is 10.7. The van der Waals surface area contributed by atoms with Crippen LogP contribution < -0.4 is 0 Å². The Labute approximate surface area is 140 Å². The van der Waals surface area contributed by atoms with Crippen LogP contribution in [0.15, 0.2) is 30.3 Å². The largest absolute Gasteiger partial charge is 0.333 e. The molecule has 1 amide bonds. The number of likely N-dealkylation sites (tertiary alicyclic amines) is 1. The average molecular weight is 315 g/mol. The van der Waals surface area contributed by atoms with Crippen LogP contribution in [0, 0.1) is 5.41 Å². The zero-order valence-corrected chi connectivity index (χ0v) is 14.7. The van der Waals surface area contributed by atoms with Gasteiger partial charge in [0.2, 0.25) is 5.78 Å². The molecule has 1 fully saturated rings. The molecule has 1 heterocycles. The minimum atomic E-state index is -0.547. The molecular formula is C20H29NO2. The van der Waals surface area contributed by atoms with E-state index >= 15 is 0 Å². The highest BCUT2D eigenvalue weighted by Crippen LogP contribution is 2.27. The predicted molar refractivity (Wildman–Crippen MR) is 93.2 cm³/mol. The molecule has 0 radical (unpaired) electrons. The van der Waals surface area contributed by atoms with Crippen molar-refractivity contribution in [2.45, 2.75) is 65.3 Å². The fourth-order valence-electron chi connectivity index (χ4n) is 3.17. The number of nitrogens with zero attached hydrogens (tertiary/aromatic N) is 1. The summed E-state index contributed by atoms with van der Waals surface area (Å²) >= 11 is 0. The molecule has 2 rings (SSSR count). The number of hydrogen-bond acceptors (Lipinski definition) is 2. The summed E-state index contributed by atoms with van der Waals surface area (Å²) < 4.78 is 0. The molecule has 0 aromatic heterocycles. The number of rotatable bonds is 7. The molecule has 1 atom stereocenters. The van der Waals surface area contributed by atoms with E-state index in [1.807, 2.05) is 31.7 Å². The van der Waals surface area contributed by atoms with Gasteiger partial charge in [0.05, 0.1) is 0 Å². The number of carbonyl (C=O) groups is 2. The lowest BCUT2D eigenvalue weighted by Crippen LogP contribution is -2.44. The number of benzene rings is 1. The minimum Gasteiger partial charge on any atom is -0.333 e. The van der Waals surface area contributed by atoms with E-state index in [0.717, 1.165) is 38.6 Å². The molecule has 0 N–H and O–H groups in total. The molecule has 1 aromatic rings. The average Bonchev–Trinajstić information content (AvgIpc) is 3.03. The first-order chi connectivity index (χ1) is 11.0. The molecule has 1 aliphatic heterocycles. The monoisotopic (exact) mass is 315 g/mol. The summed E-state index contributed by atoms with van der Waals surface area (Å²) in [6.45, 7) is 6.44. The highest BCUT2D eigenvalue weighted by atomic mass is 16.2. The van der Waals surface area contributed by atoms with Crippen LogP contribution in [0.4, 0.5) is 0 Å². The van der Waals surface area contributed by atoms with Crippen LogP contribution in [-0.2, 0) is 16.0 Å². The molecule has 1 aromatic carbocycles. The number of aryl methyl sites for hydroxylation is 1. The standard InChI is InChI=1S/C20H29NO2/c1-4-20(2,3)18(22)19(23)21-15-9-14-17(21)13-8-12-16-10-6-5-7-11-16/h5-7,10-11,17H,4,8-9,12-15H2,1-3H3. The van der Waals surface area contributed by atoms with Gasteiger partial charge in [-0.15, -0.1) is 0 Å². The van der Waals surface area contributed by atoms with E-state index in [2.05, 4.69) is 24.3 Å². The topological polar surface area (TPSA) is 37.4 Å². The molecule has 1 unspecified atom stereocenters. The molecule has 3 nitrogen and oxygen atoms in total. The van der Waals surface area contributed by atoms with Gasteiger partial charge in [-0.1, -0.05) is 51.1 Å². The Morgan fingerprint density at radius 1 is 1.22 bits per heavy atom. The lowest BCUT2D eigenvalue weighted by atomic mass is 9.84. The zero-order chi connectivity index (χ0) is 16.9. The molecule has 0 spiro atoms. The Morgan fingerprint density at radius 3 is 2.57 bits per heavy atom. The van der Waals surface area contributed by atoms with Crippen molar-refractivity contribution in [1.82, 2.24) is 4.90 Å². The first-order valence-electron chi connectivity index (χ1n) is 8.85. The number of carbonyl (C=O) groups excluding carboxylic acids is 2. The number of Topliss-reactive ketones (excluding diaryl/α,β-unsaturated/α-hetero) is 1. The van der Waals surface area contributed by atoms with Crippen molar-refractivity contribution in [3.05, 3.63) is 35.9 Å². The van der Waals surface area contributed by atoms with E-state index in [9.17, 15) is 9.59 Å². The second kappa shape index (κ2) is 7.76. The second-order valence-electron chi connectivity index (χ2n) is 7.24. The summed E-state index contributed by atoms with van der Waals surface area (Å²) in [5, 5.41) is 0. The third-order valence-corrected chi connectivity index (χ3v) is 5.18. The van der Waals surface area contributed by atoms with Crippen molar-refractivity contribution in [3.8, 4) is 0 Å². The smallest absolute Gasteiger partial charge is 0.290 e. The lowest BCUT2D eigenvalue weighted by molar-refractivity contribution is -0.149. The molecule has 3 heteroatoms. The number of hydrogen-bond donors (Lipinski definition) is 0. The summed E-state index contributed by atoms with van der Waals surface area (Å²) in [5.41, 5.74) is 0.792. The van der Waals surface area contributed by atoms with Crippen molar-refractivity contribution in [1.29, 1.82) is 0 Å². The zero-order valence-electron chi connectivity index (χ0n) is 14.7. The maximum Gasteiger partial charge on any atom is 0.290 e. The van der Waals surface area contributed by atoms with E-state index in [1.165, 1.54) is 5.56 Å². The van der Waals surface area contributed by atoms with Crippen molar-refractivity contribution < 1.29 is 9.59 Å². The highest BCUT2D eigenvalue weighted by molar-refractivity contribution is 6.38. The van der Waals surface area contributed by atoms with Crippen molar-refractivity contribution in [2.75, 3.05) is 6.54 Å².